The van der Waals surface area contributed by atoms with Crippen molar-refractivity contribution in [3.8, 4) is 0 Å². The van der Waals surface area contributed by atoms with Crippen molar-refractivity contribution >= 4 is 0 Å². The number of aliphatic hydroxyl groups is 4. The molecule has 4 heteroatoms. The lowest BCUT2D eigenvalue weighted by Gasteiger charge is -2.48. The fourth-order valence-corrected chi connectivity index (χ4v) is 2.48. The Balaban J connectivity index is 2.97. The second-order valence-electron chi connectivity index (χ2n) is 5.71. The monoisotopic (exact) mass is 218 g/mol. The van der Waals surface area contributed by atoms with E-state index in [2.05, 4.69) is 0 Å². The largest absolute Gasteiger partial charge is 0.390 e. The van der Waals surface area contributed by atoms with Crippen molar-refractivity contribution in [3.63, 3.8) is 0 Å². The predicted molar refractivity (Wildman–Crippen MR) is 56.1 cm³/mol. The Morgan fingerprint density at radius 2 is 1.07 bits per heavy atom. The highest BCUT2D eigenvalue weighted by Gasteiger charge is 2.50. The molecule has 0 radical (unpaired) electrons. The summed E-state index contributed by atoms with van der Waals surface area (Å²) in [4.78, 5) is 0. The van der Waals surface area contributed by atoms with Gasteiger partial charge in [0, 0.05) is 11.8 Å². The summed E-state index contributed by atoms with van der Waals surface area (Å²) >= 11 is 0. The maximum absolute atomic E-state index is 9.91. The first kappa shape index (κ1) is 12.9. The molecular formula is C11H22O4. The van der Waals surface area contributed by atoms with Crippen LogP contribution < -0.4 is 0 Å². The third-order valence-electron chi connectivity index (χ3n) is 3.51. The predicted octanol–water partition coefficient (Wildman–Crippen LogP) is -0.258. The molecule has 0 spiro atoms. The lowest BCUT2D eigenvalue weighted by atomic mass is 9.64. The van der Waals surface area contributed by atoms with Crippen LogP contribution in [-0.4, -0.2) is 44.8 Å². The fraction of sp³-hybridized carbons (Fsp3) is 1.00. The zero-order valence-corrected chi connectivity index (χ0v) is 9.75. The summed E-state index contributed by atoms with van der Waals surface area (Å²) in [5.74, 6) is -1.02. The summed E-state index contributed by atoms with van der Waals surface area (Å²) in [6, 6.07) is 0. The molecule has 0 aromatic rings. The SMILES string of the molecule is CC1C(O)C(O)C(C(C)(C)C)C(O)C1O. The van der Waals surface area contributed by atoms with Crippen molar-refractivity contribution in [1.29, 1.82) is 0 Å². The molecule has 1 rings (SSSR count). The summed E-state index contributed by atoms with van der Waals surface area (Å²) in [5, 5.41) is 39.3. The topological polar surface area (TPSA) is 80.9 Å². The van der Waals surface area contributed by atoms with Gasteiger partial charge in [-0.2, -0.15) is 0 Å². The van der Waals surface area contributed by atoms with Gasteiger partial charge in [0.1, 0.15) is 0 Å². The Hall–Kier alpha value is -0.160. The summed E-state index contributed by atoms with van der Waals surface area (Å²) in [7, 11) is 0. The Morgan fingerprint density at radius 1 is 0.733 bits per heavy atom. The van der Waals surface area contributed by atoms with Crippen LogP contribution in [0.5, 0.6) is 0 Å². The molecule has 15 heavy (non-hydrogen) atoms. The maximum atomic E-state index is 9.91. The van der Waals surface area contributed by atoms with E-state index >= 15 is 0 Å². The molecule has 0 heterocycles. The first-order valence-corrected chi connectivity index (χ1v) is 5.40. The number of aliphatic hydroxyl groups excluding tert-OH is 4. The minimum Gasteiger partial charge on any atom is -0.390 e. The second kappa shape index (κ2) is 4.01. The van der Waals surface area contributed by atoms with E-state index in [4.69, 9.17) is 0 Å². The average Bonchev–Trinajstić information content (AvgIpc) is 2.09. The van der Waals surface area contributed by atoms with Gasteiger partial charge in [-0.25, -0.2) is 0 Å². The zero-order valence-electron chi connectivity index (χ0n) is 9.75. The Morgan fingerprint density at radius 3 is 1.33 bits per heavy atom. The molecule has 4 unspecified atom stereocenters. The van der Waals surface area contributed by atoms with Crippen molar-refractivity contribution in [1.82, 2.24) is 0 Å². The minimum absolute atomic E-state index is 0.360. The van der Waals surface area contributed by atoms with Crippen LogP contribution in [0.4, 0.5) is 0 Å². The van der Waals surface area contributed by atoms with Crippen molar-refractivity contribution in [2.45, 2.75) is 52.1 Å². The van der Waals surface area contributed by atoms with Gasteiger partial charge in [0.25, 0.3) is 0 Å². The Kier molecular flexibility index (Phi) is 3.45. The molecule has 90 valence electrons. The lowest BCUT2D eigenvalue weighted by Crippen LogP contribution is -2.60. The smallest absolute Gasteiger partial charge is 0.0861 e. The molecule has 1 fully saturated rings. The highest BCUT2D eigenvalue weighted by molar-refractivity contribution is 5.00. The molecule has 4 atom stereocenters. The molecule has 1 aliphatic rings. The fourth-order valence-electron chi connectivity index (χ4n) is 2.48. The summed E-state index contributed by atoms with van der Waals surface area (Å²) in [5.41, 5.74) is -0.360. The van der Waals surface area contributed by atoms with E-state index in [0.717, 1.165) is 0 Å². The maximum Gasteiger partial charge on any atom is 0.0861 e. The molecule has 0 aromatic heterocycles. The molecule has 1 saturated carbocycles. The third-order valence-corrected chi connectivity index (χ3v) is 3.51. The van der Waals surface area contributed by atoms with Crippen molar-refractivity contribution < 1.29 is 20.4 Å². The van der Waals surface area contributed by atoms with Gasteiger partial charge in [-0.1, -0.05) is 27.7 Å². The van der Waals surface area contributed by atoms with Gasteiger partial charge in [-0.15, -0.1) is 0 Å². The van der Waals surface area contributed by atoms with Crippen LogP contribution in [0.15, 0.2) is 0 Å². The third kappa shape index (κ3) is 2.18. The van der Waals surface area contributed by atoms with E-state index in [9.17, 15) is 20.4 Å². The number of hydrogen-bond donors (Lipinski definition) is 4. The van der Waals surface area contributed by atoms with Gasteiger partial charge in [-0.05, 0) is 5.41 Å². The van der Waals surface area contributed by atoms with Crippen molar-refractivity contribution in [2.24, 2.45) is 17.3 Å². The molecular weight excluding hydrogens is 196 g/mol. The van der Waals surface area contributed by atoms with Gasteiger partial charge in [0.15, 0.2) is 0 Å². The summed E-state index contributed by atoms with van der Waals surface area (Å²) < 4.78 is 0. The first-order chi connectivity index (χ1) is 6.68. The van der Waals surface area contributed by atoms with Crippen LogP contribution in [0.1, 0.15) is 27.7 Å². The van der Waals surface area contributed by atoms with Crippen molar-refractivity contribution in [2.75, 3.05) is 0 Å². The Labute approximate surface area is 90.6 Å². The van der Waals surface area contributed by atoms with Crippen LogP contribution >= 0.6 is 0 Å². The van der Waals surface area contributed by atoms with Crippen LogP contribution in [0.25, 0.3) is 0 Å². The van der Waals surface area contributed by atoms with E-state index in [1.807, 2.05) is 20.8 Å². The second-order valence-corrected chi connectivity index (χ2v) is 5.71. The first-order valence-electron chi connectivity index (χ1n) is 5.40. The van der Waals surface area contributed by atoms with E-state index in [1.54, 1.807) is 6.92 Å². The van der Waals surface area contributed by atoms with Crippen LogP contribution in [0.2, 0.25) is 0 Å². The molecule has 0 bridgehead atoms. The molecule has 1 aliphatic carbocycles. The molecule has 4 N–H and O–H groups in total. The van der Waals surface area contributed by atoms with E-state index in [1.165, 1.54) is 0 Å². The van der Waals surface area contributed by atoms with E-state index < -0.39 is 36.3 Å². The van der Waals surface area contributed by atoms with Crippen LogP contribution in [0, 0.1) is 17.3 Å². The number of rotatable bonds is 0. The lowest BCUT2D eigenvalue weighted by molar-refractivity contribution is -0.197. The van der Waals surface area contributed by atoms with Gasteiger partial charge in [0.2, 0.25) is 0 Å². The van der Waals surface area contributed by atoms with E-state index in [-0.39, 0.29) is 5.41 Å². The van der Waals surface area contributed by atoms with Gasteiger partial charge in [0.05, 0.1) is 24.4 Å². The van der Waals surface area contributed by atoms with Crippen LogP contribution in [-0.2, 0) is 0 Å². The quantitative estimate of drug-likeness (QED) is 0.452. The summed E-state index contributed by atoms with van der Waals surface area (Å²) in [6.45, 7) is 7.25. The van der Waals surface area contributed by atoms with Gasteiger partial charge < -0.3 is 20.4 Å². The Bertz CT molecular complexity index is 207. The highest BCUT2D eigenvalue weighted by Crippen LogP contribution is 2.40. The molecule has 0 amide bonds. The van der Waals surface area contributed by atoms with Gasteiger partial charge in [-0.3, -0.25) is 0 Å². The normalized spacial score (nSPS) is 48.0. The zero-order chi connectivity index (χ0) is 12.0. The van der Waals surface area contributed by atoms with Crippen LogP contribution in [0.3, 0.4) is 0 Å². The number of hydrogen-bond acceptors (Lipinski definition) is 4. The average molecular weight is 218 g/mol. The molecule has 0 saturated heterocycles. The molecule has 4 nitrogen and oxygen atoms in total. The standard InChI is InChI=1S/C11H22O4/c1-5-7(12)9(14)6(11(2,3)4)10(15)8(5)13/h5-10,12-15H,1-4H3. The minimum atomic E-state index is -0.988. The van der Waals surface area contributed by atoms with Gasteiger partial charge >= 0.3 is 0 Å². The van der Waals surface area contributed by atoms with Crippen molar-refractivity contribution in [3.05, 3.63) is 0 Å². The molecule has 0 aliphatic heterocycles. The summed E-state index contributed by atoms with van der Waals surface area (Å²) in [6.07, 6.45) is -3.93. The molecule has 0 aromatic carbocycles. The van der Waals surface area contributed by atoms with E-state index in [0.29, 0.717) is 0 Å². The highest BCUT2D eigenvalue weighted by atomic mass is 16.4.